The Morgan fingerprint density at radius 3 is 3.00 bits per heavy atom. The predicted octanol–water partition coefficient (Wildman–Crippen LogP) is 3.67. The van der Waals surface area contributed by atoms with Crippen LogP contribution in [0.3, 0.4) is 0 Å². The SMILES string of the molecule is CC(C)OCCCCNCC1CSc2ccccc21. The first-order valence-electron chi connectivity index (χ1n) is 7.31. The Bertz CT molecular complexity index is 381. The van der Waals surface area contributed by atoms with Crippen molar-refractivity contribution in [2.45, 2.75) is 43.6 Å². The van der Waals surface area contributed by atoms with Crippen molar-refractivity contribution in [3.05, 3.63) is 29.8 Å². The molecule has 3 heteroatoms. The summed E-state index contributed by atoms with van der Waals surface area (Å²) in [4.78, 5) is 1.47. The third-order valence-electron chi connectivity index (χ3n) is 3.39. The van der Waals surface area contributed by atoms with Crippen LogP contribution in [0.1, 0.15) is 38.2 Å². The maximum atomic E-state index is 5.54. The molecule has 106 valence electrons. The van der Waals surface area contributed by atoms with Crippen molar-refractivity contribution in [2.24, 2.45) is 0 Å². The van der Waals surface area contributed by atoms with E-state index < -0.39 is 0 Å². The van der Waals surface area contributed by atoms with Gasteiger partial charge in [-0.15, -0.1) is 11.8 Å². The van der Waals surface area contributed by atoms with E-state index in [-0.39, 0.29) is 0 Å². The van der Waals surface area contributed by atoms with Gasteiger partial charge in [0.1, 0.15) is 0 Å². The fraction of sp³-hybridized carbons (Fsp3) is 0.625. The van der Waals surface area contributed by atoms with E-state index in [1.165, 1.54) is 22.6 Å². The van der Waals surface area contributed by atoms with Crippen LogP contribution in [0.4, 0.5) is 0 Å². The molecule has 0 radical (unpaired) electrons. The third-order valence-corrected chi connectivity index (χ3v) is 4.64. The number of thioether (sulfide) groups is 1. The first-order valence-corrected chi connectivity index (χ1v) is 8.30. The minimum Gasteiger partial charge on any atom is -0.379 e. The lowest BCUT2D eigenvalue weighted by Gasteiger charge is -2.12. The van der Waals surface area contributed by atoms with Gasteiger partial charge in [0.15, 0.2) is 0 Å². The maximum Gasteiger partial charge on any atom is 0.0518 e. The van der Waals surface area contributed by atoms with Crippen LogP contribution < -0.4 is 5.32 Å². The minimum absolute atomic E-state index is 0.361. The highest BCUT2D eigenvalue weighted by atomic mass is 32.2. The second-order valence-electron chi connectivity index (χ2n) is 5.38. The zero-order valence-corrected chi connectivity index (χ0v) is 12.8. The van der Waals surface area contributed by atoms with Crippen molar-refractivity contribution in [3.8, 4) is 0 Å². The van der Waals surface area contributed by atoms with Crippen molar-refractivity contribution < 1.29 is 4.74 Å². The highest BCUT2D eigenvalue weighted by Gasteiger charge is 2.21. The average molecular weight is 279 g/mol. The molecule has 0 fully saturated rings. The number of benzene rings is 1. The Balaban J connectivity index is 1.57. The Morgan fingerprint density at radius 1 is 1.32 bits per heavy atom. The maximum absolute atomic E-state index is 5.54. The Morgan fingerprint density at radius 2 is 2.16 bits per heavy atom. The second-order valence-corrected chi connectivity index (χ2v) is 6.44. The molecule has 1 aromatic carbocycles. The van der Waals surface area contributed by atoms with Crippen LogP contribution in [-0.4, -0.2) is 31.6 Å². The molecule has 19 heavy (non-hydrogen) atoms. The first-order chi connectivity index (χ1) is 9.27. The predicted molar refractivity (Wildman–Crippen MR) is 83.1 cm³/mol. The molecule has 2 nitrogen and oxygen atoms in total. The Labute approximate surface area is 121 Å². The molecule has 0 aliphatic carbocycles. The zero-order valence-electron chi connectivity index (χ0n) is 12.0. The number of hydrogen-bond acceptors (Lipinski definition) is 3. The van der Waals surface area contributed by atoms with E-state index in [2.05, 4.69) is 43.4 Å². The average Bonchev–Trinajstić information content (AvgIpc) is 2.81. The van der Waals surface area contributed by atoms with Crippen molar-refractivity contribution >= 4 is 11.8 Å². The van der Waals surface area contributed by atoms with E-state index in [0.29, 0.717) is 12.0 Å². The van der Waals surface area contributed by atoms with Crippen LogP contribution >= 0.6 is 11.8 Å². The van der Waals surface area contributed by atoms with Gasteiger partial charge in [0.2, 0.25) is 0 Å². The fourth-order valence-electron chi connectivity index (χ4n) is 2.35. The number of hydrogen-bond donors (Lipinski definition) is 1. The van der Waals surface area contributed by atoms with Crippen molar-refractivity contribution in [2.75, 3.05) is 25.4 Å². The van der Waals surface area contributed by atoms with Crippen LogP contribution in [0, 0.1) is 0 Å². The molecule has 2 rings (SSSR count). The highest BCUT2D eigenvalue weighted by molar-refractivity contribution is 7.99. The van der Waals surface area contributed by atoms with Crippen molar-refractivity contribution in [3.63, 3.8) is 0 Å². The quantitative estimate of drug-likeness (QED) is 0.734. The van der Waals surface area contributed by atoms with E-state index in [0.717, 1.165) is 26.1 Å². The molecule has 1 aliphatic rings. The minimum atomic E-state index is 0.361. The summed E-state index contributed by atoms with van der Waals surface area (Å²) >= 11 is 1.99. The van der Waals surface area contributed by atoms with E-state index in [1.54, 1.807) is 0 Å². The zero-order chi connectivity index (χ0) is 13.5. The van der Waals surface area contributed by atoms with Crippen molar-refractivity contribution in [1.82, 2.24) is 5.32 Å². The summed E-state index contributed by atoms with van der Waals surface area (Å²) in [6, 6.07) is 8.80. The molecule has 0 spiro atoms. The Kier molecular flexibility index (Phi) is 6.21. The number of nitrogens with one attached hydrogen (secondary N) is 1. The molecule has 0 amide bonds. The summed E-state index contributed by atoms with van der Waals surface area (Å²) in [6.07, 6.45) is 2.72. The van der Waals surface area contributed by atoms with Gasteiger partial charge in [0.25, 0.3) is 0 Å². The standard InChI is InChI=1S/C16H25NOS/c1-13(2)18-10-6-5-9-17-11-14-12-19-16-8-4-3-7-15(14)16/h3-4,7-8,13-14,17H,5-6,9-12H2,1-2H3. The largest absolute Gasteiger partial charge is 0.379 e. The van der Waals surface area contributed by atoms with Gasteiger partial charge in [-0.05, 0) is 44.9 Å². The topological polar surface area (TPSA) is 21.3 Å². The van der Waals surface area contributed by atoms with Crippen LogP contribution in [0.2, 0.25) is 0 Å². The van der Waals surface area contributed by atoms with Crippen LogP contribution in [-0.2, 0) is 4.74 Å². The van der Waals surface area contributed by atoms with Gasteiger partial charge in [-0.3, -0.25) is 0 Å². The molecule has 1 aliphatic heterocycles. The molecule has 0 aromatic heterocycles. The second kappa shape index (κ2) is 7.93. The molecular formula is C16H25NOS. The van der Waals surface area contributed by atoms with Gasteiger partial charge in [-0.25, -0.2) is 0 Å². The summed E-state index contributed by atoms with van der Waals surface area (Å²) < 4.78 is 5.54. The molecule has 0 bridgehead atoms. The normalized spacial score (nSPS) is 17.9. The van der Waals surface area contributed by atoms with Crippen LogP contribution in [0.5, 0.6) is 0 Å². The van der Waals surface area contributed by atoms with Gasteiger partial charge in [0.05, 0.1) is 6.10 Å². The molecular weight excluding hydrogens is 254 g/mol. The Hall–Kier alpha value is -0.510. The smallest absolute Gasteiger partial charge is 0.0518 e. The summed E-state index contributed by atoms with van der Waals surface area (Å²) in [5, 5.41) is 3.59. The first kappa shape index (κ1) is 14.9. The van der Waals surface area contributed by atoms with Crippen molar-refractivity contribution in [1.29, 1.82) is 0 Å². The lowest BCUT2D eigenvalue weighted by atomic mass is 10.0. The highest BCUT2D eigenvalue weighted by Crippen LogP contribution is 2.38. The number of unbranched alkanes of at least 4 members (excludes halogenated alkanes) is 1. The number of rotatable bonds is 8. The lowest BCUT2D eigenvalue weighted by Crippen LogP contribution is -2.23. The summed E-state index contributed by atoms with van der Waals surface area (Å²) in [5.41, 5.74) is 1.53. The molecule has 1 unspecified atom stereocenters. The molecule has 0 saturated heterocycles. The van der Waals surface area contributed by atoms with E-state index >= 15 is 0 Å². The van der Waals surface area contributed by atoms with Gasteiger partial charge >= 0.3 is 0 Å². The molecule has 0 saturated carbocycles. The van der Waals surface area contributed by atoms with Gasteiger partial charge < -0.3 is 10.1 Å². The van der Waals surface area contributed by atoms with Crippen LogP contribution in [0.15, 0.2) is 29.2 Å². The molecule has 1 aromatic rings. The lowest BCUT2D eigenvalue weighted by molar-refractivity contribution is 0.0760. The number of fused-ring (bicyclic) bond motifs is 1. The molecule has 1 N–H and O–H groups in total. The van der Waals surface area contributed by atoms with E-state index in [4.69, 9.17) is 4.74 Å². The number of ether oxygens (including phenoxy) is 1. The van der Waals surface area contributed by atoms with E-state index in [9.17, 15) is 0 Å². The van der Waals surface area contributed by atoms with Gasteiger partial charge in [0, 0.05) is 29.7 Å². The summed E-state index contributed by atoms with van der Waals surface area (Å²) in [7, 11) is 0. The van der Waals surface area contributed by atoms with E-state index in [1.807, 2.05) is 11.8 Å². The van der Waals surface area contributed by atoms with Crippen LogP contribution in [0.25, 0.3) is 0 Å². The molecule has 1 atom stereocenters. The summed E-state index contributed by atoms with van der Waals surface area (Å²) in [5.74, 6) is 1.91. The fourth-order valence-corrected chi connectivity index (χ4v) is 3.60. The van der Waals surface area contributed by atoms with Gasteiger partial charge in [-0.1, -0.05) is 18.2 Å². The van der Waals surface area contributed by atoms with Gasteiger partial charge in [-0.2, -0.15) is 0 Å². The summed E-state index contributed by atoms with van der Waals surface area (Å²) in [6.45, 7) is 7.28. The monoisotopic (exact) mass is 279 g/mol. The molecule has 1 heterocycles. The third kappa shape index (κ3) is 4.83.